The number of benzene rings is 1. The summed E-state index contributed by atoms with van der Waals surface area (Å²) >= 11 is 0. The molecule has 1 aromatic rings. The maximum atomic E-state index is 11.9. The Labute approximate surface area is 75.1 Å². The standard InChI is InChI=1S/C9H10F2O2/c1-6-4-3-5-7(8(6)12-2)13-9(10)11/h3-5,9H,1-2H3. The van der Waals surface area contributed by atoms with E-state index in [1.807, 2.05) is 0 Å². The van der Waals surface area contributed by atoms with Crippen LogP contribution in [0.15, 0.2) is 18.2 Å². The number of halogens is 2. The average molecular weight is 188 g/mol. The Morgan fingerprint density at radius 3 is 2.54 bits per heavy atom. The van der Waals surface area contributed by atoms with Gasteiger partial charge >= 0.3 is 6.61 Å². The first kappa shape index (κ1) is 9.77. The number of hydrogen-bond acceptors (Lipinski definition) is 2. The van der Waals surface area contributed by atoms with Gasteiger partial charge in [-0.1, -0.05) is 12.1 Å². The molecule has 0 fully saturated rings. The molecule has 0 aliphatic carbocycles. The number of alkyl halides is 2. The van der Waals surface area contributed by atoms with Gasteiger partial charge in [-0.25, -0.2) is 0 Å². The van der Waals surface area contributed by atoms with E-state index in [1.165, 1.54) is 13.2 Å². The molecule has 0 spiro atoms. The summed E-state index contributed by atoms with van der Waals surface area (Å²) in [5.74, 6) is 0.417. The van der Waals surface area contributed by atoms with Gasteiger partial charge in [-0.05, 0) is 18.6 Å². The van der Waals surface area contributed by atoms with Crippen molar-refractivity contribution in [1.29, 1.82) is 0 Å². The molecule has 0 amide bonds. The van der Waals surface area contributed by atoms with Crippen molar-refractivity contribution in [1.82, 2.24) is 0 Å². The number of ether oxygens (including phenoxy) is 2. The summed E-state index contributed by atoms with van der Waals surface area (Å²) in [6.07, 6.45) is 0. The van der Waals surface area contributed by atoms with Crippen LogP contribution in [0.1, 0.15) is 5.56 Å². The second-order valence-corrected chi connectivity index (χ2v) is 2.48. The van der Waals surface area contributed by atoms with Gasteiger partial charge in [0.2, 0.25) is 0 Å². The lowest BCUT2D eigenvalue weighted by molar-refractivity contribution is -0.0512. The van der Waals surface area contributed by atoms with E-state index in [9.17, 15) is 8.78 Å². The van der Waals surface area contributed by atoms with Gasteiger partial charge in [-0.3, -0.25) is 0 Å². The molecule has 1 rings (SSSR count). The molecule has 0 unspecified atom stereocenters. The molecule has 0 aromatic heterocycles. The van der Waals surface area contributed by atoms with Crippen LogP contribution in [0, 0.1) is 6.92 Å². The van der Waals surface area contributed by atoms with Crippen LogP contribution in [-0.4, -0.2) is 13.7 Å². The third kappa shape index (κ3) is 2.31. The van der Waals surface area contributed by atoms with E-state index in [-0.39, 0.29) is 5.75 Å². The predicted octanol–water partition coefficient (Wildman–Crippen LogP) is 2.61. The van der Waals surface area contributed by atoms with Gasteiger partial charge in [0.25, 0.3) is 0 Å². The molecule has 72 valence electrons. The minimum atomic E-state index is -2.82. The molecule has 0 atom stereocenters. The van der Waals surface area contributed by atoms with Gasteiger partial charge in [0.1, 0.15) is 0 Å². The van der Waals surface area contributed by atoms with Crippen molar-refractivity contribution < 1.29 is 18.3 Å². The highest BCUT2D eigenvalue weighted by Crippen LogP contribution is 2.31. The Hall–Kier alpha value is -1.32. The molecule has 0 aliphatic rings. The van der Waals surface area contributed by atoms with E-state index < -0.39 is 6.61 Å². The van der Waals surface area contributed by atoms with Crippen molar-refractivity contribution in [2.45, 2.75) is 13.5 Å². The smallest absolute Gasteiger partial charge is 0.387 e. The zero-order valence-corrected chi connectivity index (χ0v) is 7.38. The third-order valence-corrected chi connectivity index (χ3v) is 1.60. The topological polar surface area (TPSA) is 18.5 Å². The van der Waals surface area contributed by atoms with Crippen LogP contribution in [0.5, 0.6) is 11.5 Å². The van der Waals surface area contributed by atoms with Crippen LogP contribution in [0.4, 0.5) is 8.78 Å². The molecule has 4 heteroatoms. The molecular weight excluding hydrogens is 178 g/mol. The third-order valence-electron chi connectivity index (χ3n) is 1.60. The van der Waals surface area contributed by atoms with E-state index in [0.717, 1.165) is 5.56 Å². The van der Waals surface area contributed by atoms with Crippen LogP contribution in [-0.2, 0) is 0 Å². The fourth-order valence-electron chi connectivity index (χ4n) is 1.08. The maximum Gasteiger partial charge on any atom is 0.387 e. The molecule has 0 aliphatic heterocycles. The summed E-state index contributed by atoms with van der Waals surface area (Å²) in [5.41, 5.74) is 0.764. The van der Waals surface area contributed by atoms with Gasteiger partial charge in [-0.15, -0.1) is 0 Å². The van der Waals surface area contributed by atoms with E-state index in [4.69, 9.17) is 4.74 Å². The zero-order valence-electron chi connectivity index (χ0n) is 7.38. The monoisotopic (exact) mass is 188 g/mol. The summed E-state index contributed by atoms with van der Waals surface area (Å²) in [7, 11) is 1.42. The van der Waals surface area contributed by atoms with Crippen molar-refractivity contribution in [2.24, 2.45) is 0 Å². The number of methoxy groups -OCH3 is 1. The Kier molecular flexibility index (Phi) is 3.06. The minimum Gasteiger partial charge on any atom is -0.493 e. The fourth-order valence-corrected chi connectivity index (χ4v) is 1.08. The summed E-state index contributed by atoms with van der Waals surface area (Å²) in [5, 5.41) is 0. The van der Waals surface area contributed by atoms with Crippen LogP contribution in [0.25, 0.3) is 0 Å². The number of hydrogen-bond donors (Lipinski definition) is 0. The molecule has 1 aromatic carbocycles. The van der Waals surface area contributed by atoms with Gasteiger partial charge in [-0.2, -0.15) is 8.78 Å². The SMILES string of the molecule is COc1c(C)cccc1OC(F)F. The Morgan fingerprint density at radius 1 is 1.31 bits per heavy atom. The highest BCUT2D eigenvalue weighted by Gasteiger charge is 2.11. The van der Waals surface area contributed by atoms with Crippen LogP contribution >= 0.6 is 0 Å². The first-order chi connectivity index (χ1) is 6.15. The van der Waals surface area contributed by atoms with Crippen molar-refractivity contribution in [3.8, 4) is 11.5 Å². The minimum absolute atomic E-state index is 0.0671. The largest absolute Gasteiger partial charge is 0.493 e. The molecule has 0 saturated carbocycles. The molecule has 0 bridgehead atoms. The van der Waals surface area contributed by atoms with Gasteiger partial charge in [0.15, 0.2) is 11.5 Å². The maximum absolute atomic E-state index is 11.9. The number of para-hydroxylation sites is 1. The highest BCUT2D eigenvalue weighted by molar-refractivity contribution is 5.45. The van der Waals surface area contributed by atoms with Crippen molar-refractivity contribution >= 4 is 0 Å². The van der Waals surface area contributed by atoms with Gasteiger partial charge < -0.3 is 9.47 Å². The lowest BCUT2D eigenvalue weighted by Gasteiger charge is -2.11. The molecular formula is C9H10F2O2. The quantitative estimate of drug-likeness (QED) is 0.725. The second-order valence-electron chi connectivity index (χ2n) is 2.48. The fraction of sp³-hybridized carbons (Fsp3) is 0.333. The Bertz CT molecular complexity index is 287. The normalized spacial score (nSPS) is 10.2. The van der Waals surface area contributed by atoms with Crippen molar-refractivity contribution in [2.75, 3.05) is 7.11 Å². The number of aryl methyl sites for hydroxylation is 1. The molecule has 13 heavy (non-hydrogen) atoms. The zero-order chi connectivity index (χ0) is 9.84. The lowest BCUT2D eigenvalue weighted by Crippen LogP contribution is -2.03. The van der Waals surface area contributed by atoms with Gasteiger partial charge in [0, 0.05) is 0 Å². The second kappa shape index (κ2) is 4.07. The summed E-state index contributed by atoms with van der Waals surface area (Å²) < 4.78 is 33.0. The summed E-state index contributed by atoms with van der Waals surface area (Å²) in [6, 6.07) is 4.84. The van der Waals surface area contributed by atoms with E-state index in [0.29, 0.717) is 5.75 Å². The van der Waals surface area contributed by atoms with E-state index in [2.05, 4.69) is 4.74 Å². The van der Waals surface area contributed by atoms with Crippen LogP contribution in [0.2, 0.25) is 0 Å². The summed E-state index contributed by atoms with van der Waals surface area (Å²) in [6.45, 7) is -1.06. The van der Waals surface area contributed by atoms with Crippen LogP contribution < -0.4 is 9.47 Å². The predicted molar refractivity (Wildman–Crippen MR) is 44.4 cm³/mol. The first-order valence-corrected chi connectivity index (χ1v) is 3.73. The summed E-state index contributed by atoms with van der Waals surface area (Å²) in [4.78, 5) is 0. The van der Waals surface area contributed by atoms with E-state index in [1.54, 1.807) is 19.1 Å². The molecule has 0 N–H and O–H groups in total. The lowest BCUT2D eigenvalue weighted by atomic mass is 10.2. The van der Waals surface area contributed by atoms with Gasteiger partial charge in [0.05, 0.1) is 7.11 Å². The number of rotatable bonds is 3. The molecule has 0 radical (unpaired) electrons. The average Bonchev–Trinajstić information content (AvgIpc) is 2.03. The Balaban J connectivity index is 2.98. The van der Waals surface area contributed by atoms with Crippen LogP contribution in [0.3, 0.4) is 0 Å². The molecule has 0 heterocycles. The van der Waals surface area contributed by atoms with Crippen molar-refractivity contribution in [3.05, 3.63) is 23.8 Å². The molecule has 2 nitrogen and oxygen atoms in total. The van der Waals surface area contributed by atoms with E-state index >= 15 is 0 Å². The molecule has 0 saturated heterocycles. The Morgan fingerprint density at radius 2 is 2.00 bits per heavy atom. The first-order valence-electron chi connectivity index (χ1n) is 3.73. The van der Waals surface area contributed by atoms with Crippen molar-refractivity contribution in [3.63, 3.8) is 0 Å². The highest BCUT2D eigenvalue weighted by atomic mass is 19.3.